The molecule has 0 spiro atoms. The highest BCUT2D eigenvalue weighted by Gasteiger charge is 2.36. The summed E-state index contributed by atoms with van der Waals surface area (Å²) >= 11 is 9.04. The summed E-state index contributed by atoms with van der Waals surface area (Å²) in [4.78, 5) is 38.9. The van der Waals surface area contributed by atoms with Crippen molar-refractivity contribution < 1.29 is 23.9 Å². The number of hydrogen-bond donors (Lipinski definition) is 1. The zero-order valence-corrected chi connectivity index (χ0v) is 22.7. The van der Waals surface area contributed by atoms with Gasteiger partial charge in [-0.1, -0.05) is 24.6 Å². The van der Waals surface area contributed by atoms with Crippen LogP contribution in [0.5, 0.6) is 11.5 Å². The molecule has 0 aromatic heterocycles. The Labute approximate surface area is 221 Å². The van der Waals surface area contributed by atoms with Crippen LogP contribution in [0.4, 0.5) is 10.5 Å². The first-order chi connectivity index (χ1) is 16.2. The quantitative estimate of drug-likeness (QED) is 0.271. The standard InChI is InChI=1S/C24H24ClIN2O5S/c1-4-8-33-22-18(26)9-15(10-19(22)32-5-2)11-20-23(30)28(24(31)34-20)13-21(29)27-16-7-6-14(3)17(25)12-16/h6-7,9-12H,4-5,8,13H2,1-3H3,(H,27,29)/b20-11-. The number of imide groups is 1. The molecule has 3 rings (SSSR count). The highest BCUT2D eigenvalue weighted by Crippen LogP contribution is 2.37. The Morgan fingerprint density at radius 3 is 2.65 bits per heavy atom. The van der Waals surface area contributed by atoms with Gasteiger partial charge in [0.2, 0.25) is 5.91 Å². The highest BCUT2D eigenvalue weighted by molar-refractivity contribution is 14.1. The molecule has 0 atom stereocenters. The number of amides is 3. The van der Waals surface area contributed by atoms with Gasteiger partial charge in [-0.25, -0.2) is 0 Å². The van der Waals surface area contributed by atoms with Crippen LogP contribution in [0.25, 0.3) is 6.08 Å². The van der Waals surface area contributed by atoms with Gasteiger partial charge in [0.25, 0.3) is 11.1 Å². The van der Waals surface area contributed by atoms with Crippen LogP contribution in [0.1, 0.15) is 31.4 Å². The van der Waals surface area contributed by atoms with E-state index >= 15 is 0 Å². The molecular formula is C24H24ClIN2O5S. The molecule has 0 bridgehead atoms. The predicted molar refractivity (Wildman–Crippen MR) is 144 cm³/mol. The highest BCUT2D eigenvalue weighted by atomic mass is 127. The monoisotopic (exact) mass is 614 g/mol. The van der Waals surface area contributed by atoms with Gasteiger partial charge >= 0.3 is 0 Å². The van der Waals surface area contributed by atoms with Crippen molar-refractivity contribution in [1.82, 2.24) is 4.90 Å². The maximum absolute atomic E-state index is 12.9. The van der Waals surface area contributed by atoms with Crippen LogP contribution in [0.15, 0.2) is 35.2 Å². The first-order valence-corrected chi connectivity index (χ1v) is 12.9. The van der Waals surface area contributed by atoms with Gasteiger partial charge in [-0.15, -0.1) is 0 Å². The lowest BCUT2D eigenvalue weighted by molar-refractivity contribution is -0.127. The van der Waals surface area contributed by atoms with Crippen molar-refractivity contribution in [2.75, 3.05) is 25.1 Å². The molecule has 0 aliphatic carbocycles. The Hall–Kier alpha value is -2.24. The first kappa shape index (κ1) is 26.4. The van der Waals surface area contributed by atoms with Gasteiger partial charge in [0.15, 0.2) is 11.5 Å². The Bertz CT molecular complexity index is 1150. The summed E-state index contributed by atoms with van der Waals surface area (Å²) in [5.41, 5.74) is 2.07. The molecule has 3 amide bonds. The minimum atomic E-state index is -0.522. The first-order valence-electron chi connectivity index (χ1n) is 10.6. The fourth-order valence-electron chi connectivity index (χ4n) is 3.08. The van der Waals surface area contributed by atoms with E-state index in [9.17, 15) is 14.4 Å². The molecule has 0 saturated carbocycles. The Morgan fingerprint density at radius 1 is 1.21 bits per heavy atom. The van der Waals surface area contributed by atoms with Crippen LogP contribution < -0.4 is 14.8 Å². The van der Waals surface area contributed by atoms with E-state index in [4.69, 9.17) is 21.1 Å². The second-order valence-corrected chi connectivity index (χ2v) is 9.95. The van der Waals surface area contributed by atoms with Gasteiger partial charge in [-0.05, 0) is 96.1 Å². The number of anilines is 1. The molecule has 2 aromatic carbocycles. The number of ether oxygens (including phenoxy) is 2. The van der Waals surface area contributed by atoms with Crippen molar-refractivity contribution in [3.05, 3.63) is 55.0 Å². The third-order valence-electron chi connectivity index (χ3n) is 4.71. The van der Waals surface area contributed by atoms with Crippen LogP contribution in [0, 0.1) is 10.5 Å². The molecule has 1 fully saturated rings. The molecule has 1 N–H and O–H groups in total. The number of carbonyl (C=O) groups excluding carboxylic acids is 3. The number of carbonyl (C=O) groups is 3. The van der Waals surface area contributed by atoms with E-state index in [1.165, 1.54) is 0 Å². The van der Waals surface area contributed by atoms with Crippen LogP contribution in [0.3, 0.4) is 0 Å². The second-order valence-electron chi connectivity index (χ2n) is 7.39. The molecule has 1 aliphatic heterocycles. The minimum absolute atomic E-state index is 0.233. The molecular weight excluding hydrogens is 591 g/mol. The Kier molecular flexibility index (Phi) is 9.26. The third-order valence-corrected chi connectivity index (χ3v) is 6.83. The zero-order chi connectivity index (χ0) is 24.8. The van der Waals surface area contributed by atoms with Crippen molar-refractivity contribution in [2.45, 2.75) is 27.2 Å². The lowest BCUT2D eigenvalue weighted by Gasteiger charge is -2.14. The largest absolute Gasteiger partial charge is 0.490 e. The topological polar surface area (TPSA) is 84.9 Å². The smallest absolute Gasteiger partial charge is 0.294 e. The average Bonchev–Trinajstić information content (AvgIpc) is 3.03. The summed E-state index contributed by atoms with van der Waals surface area (Å²) in [6, 6.07) is 8.73. The number of halogens is 2. The number of nitrogens with one attached hydrogen (secondary N) is 1. The third kappa shape index (κ3) is 6.45. The van der Waals surface area contributed by atoms with E-state index in [2.05, 4.69) is 27.9 Å². The van der Waals surface area contributed by atoms with Gasteiger partial charge in [-0.3, -0.25) is 19.3 Å². The number of aryl methyl sites for hydroxylation is 1. The molecule has 180 valence electrons. The van der Waals surface area contributed by atoms with Crippen LogP contribution in [-0.2, 0) is 9.59 Å². The fourth-order valence-corrected chi connectivity index (χ4v) is 4.88. The van der Waals surface area contributed by atoms with Crippen LogP contribution in [-0.4, -0.2) is 41.7 Å². The van der Waals surface area contributed by atoms with E-state index in [1.807, 2.05) is 26.8 Å². The molecule has 1 heterocycles. The average molecular weight is 615 g/mol. The summed E-state index contributed by atoms with van der Waals surface area (Å²) < 4.78 is 12.4. The number of rotatable bonds is 9. The van der Waals surface area contributed by atoms with Gasteiger partial charge in [0.1, 0.15) is 6.54 Å². The van der Waals surface area contributed by atoms with E-state index in [0.717, 1.165) is 32.2 Å². The van der Waals surface area contributed by atoms with Crippen molar-refractivity contribution in [2.24, 2.45) is 0 Å². The van der Waals surface area contributed by atoms with E-state index < -0.39 is 17.1 Å². The number of nitrogens with zero attached hydrogens (tertiary/aromatic N) is 1. The molecule has 7 nitrogen and oxygen atoms in total. The Morgan fingerprint density at radius 2 is 1.97 bits per heavy atom. The molecule has 10 heteroatoms. The molecule has 1 aliphatic rings. The van der Waals surface area contributed by atoms with Crippen molar-refractivity contribution in [1.29, 1.82) is 0 Å². The van der Waals surface area contributed by atoms with E-state index in [0.29, 0.717) is 41.0 Å². The number of thioether (sulfide) groups is 1. The minimum Gasteiger partial charge on any atom is -0.490 e. The summed E-state index contributed by atoms with van der Waals surface area (Å²) in [6.45, 7) is 6.38. The maximum Gasteiger partial charge on any atom is 0.294 e. The second kappa shape index (κ2) is 11.9. The summed E-state index contributed by atoms with van der Waals surface area (Å²) in [5.74, 6) is 0.215. The van der Waals surface area contributed by atoms with Crippen molar-refractivity contribution >= 4 is 74.8 Å². The van der Waals surface area contributed by atoms with Crippen molar-refractivity contribution in [3.8, 4) is 11.5 Å². The SMILES string of the molecule is CCCOc1c(I)cc(/C=C2\SC(=O)N(CC(=O)Nc3ccc(C)c(Cl)c3)C2=O)cc1OCC. The predicted octanol–water partition coefficient (Wildman–Crippen LogP) is 6.12. The van der Waals surface area contributed by atoms with Crippen molar-refractivity contribution in [3.63, 3.8) is 0 Å². The fraction of sp³-hybridized carbons (Fsp3) is 0.292. The molecule has 1 saturated heterocycles. The van der Waals surface area contributed by atoms with Gasteiger partial charge in [0, 0.05) is 10.7 Å². The molecule has 34 heavy (non-hydrogen) atoms. The maximum atomic E-state index is 12.9. The molecule has 0 radical (unpaired) electrons. The van der Waals surface area contributed by atoms with E-state index in [1.54, 1.807) is 30.3 Å². The normalized spacial score (nSPS) is 14.6. The van der Waals surface area contributed by atoms with Crippen LogP contribution >= 0.6 is 46.0 Å². The number of benzene rings is 2. The summed E-state index contributed by atoms with van der Waals surface area (Å²) in [6.07, 6.45) is 2.48. The summed E-state index contributed by atoms with van der Waals surface area (Å²) in [7, 11) is 0. The lowest BCUT2D eigenvalue weighted by Crippen LogP contribution is -2.36. The lowest BCUT2D eigenvalue weighted by atomic mass is 10.2. The van der Waals surface area contributed by atoms with Gasteiger partial charge in [-0.2, -0.15) is 0 Å². The Balaban J connectivity index is 1.76. The van der Waals surface area contributed by atoms with Gasteiger partial charge in [0.05, 0.1) is 21.7 Å². The molecule has 2 aromatic rings. The molecule has 0 unspecified atom stereocenters. The summed E-state index contributed by atoms with van der Waals surface area (Å²) in [5, 5.41) is 2.67. The van der Waals surface area contributed by atoms with Gasteiger partial charge < -0.3 is 14.8 Å². The van der Waals surface area contributed by atoms with Crippen LogP contribution in [0.2, 0.25) is 5.02 Å². The zero-order valence-electron chi connectivity index (χ0n) is 18.9. The van der Waals surface area contributed by atoms with E-state index in [-0.39, 0.29) is 11.4 Å². The number of hydrogen-bond acceptors (Lipinski definition) is 6.